The average Bonchev–Trinajstić information content (AvgIpc) is 2.32. The first-order valence-corrected chi connectivity index (χ1v) is 5.57. The van der Waals surface area contributed by atoms with Crippen molar-refractivity contribution in [3.63, 3.8) is 0 Å². The van der Waals surface area contributed by atoms with Crippen LogP contribution in [0.15, 0.2) is 24.3 Å². The molecule has 3 heteroatoms. The molecular formula is C13H16N2O. The Morgan fingerprint density at radius 1 is 1.50 bits per heavy atom. The van der Waals surface area contributed by atoms with Crippen molar-refractivity contribution in [2.45, 2.75) is 19.6 Å². The van der Waals surface area contributed by atoms with E-state index >= 15 is 0 Å². The third-order valence-electron chi connectivity index (χ3n) is 2.95. The van der Waals surface area contributed by atoms with Gasteiger partial charge in [0.05, 0.1) is 12.7 Å². The molecule has 0 N–H and O–H groups in total. The van der Waals surface area contributed by atoms with Crippen molar-refractivity contribution in [2.24, 2.45) is 0 Å². The lowest BCUT2D eigenvalue weighted by molar-refractivity contribution is -0.00275. The van der Waals surface area contributed by atoms with Gasteiger partial charge in [-0.2, -0.15) is 5.26 Å². The van der Waals surface area contributed by atoms with Crippen LogP contribution in [0.5, 0.6) is 0 Å². The van der Waals surface area contributed by atoms with Gasteiger partial charge in [0.25, 0.3) is 0 Å². The smallest absolute Gasteiger partial charge is 0.156 e. The lowest BCUT2D eigenvalue weighted by Crippen LogP contribution is -2.41. The predicted octanol–water partition coefficient (Wildman–Crippen LogP) is 1.72. The summed E-state index contributed by atoms with van der Waals surface area (Å²) in [6.07, 6.45) is -0.266. The maximum atomic E-state index is 8.83. The second kappa shape index (κ2) is 5.11. The first-order chi connectivity index (χ1) is 7.79. The zero-order valence-corrected chi connectivity index (χ0v) is 9.52. The minimum Gasteiger partial charge on any atom is -0.361 e. The number of rotatable bonds is 2. The Morgan fingerprint density at radius 3 is 3.06 bits per heavy atom. The Hall–Kier alpha value is -1.37. The highest BCUT2D eigenvalue weighted by molar-refractivity contribution is 5.25. The van der Waals surface area contributed by atoms with Crippen molar-refractivity contribution in [2.75, 3.05) is 19.7 Å². The fourth-order valence-corrected chi connectivity index (χ4v) is 1.95. The molecule has 2 rings (SSSR count). The summed E-state index contributed by atoms with van der Waals surface area (Å²) in [5.74, 6) is 0. The van der Waals surface area contributed by atoms with Crippen LogP contribution in [0.25, 0.3) is 0 Å². The van der Waals surface area contributed by atoms with E-state index < -0.39 is 0 Å². The Morgan fingerprint density at radius 2 is 2.31 bits per heavy atom. The summed E-state index contributed by atoms with van der Waals surface area (Å²) in [4.78, 5) is 2.28. The molecule has 1 heterocycles. The van der Waals surface area contributed by atoms with Crippen LogP contribution in [0.2, 0.25) is 0 Å². The Balaban J connectivity index is 2.00. The van der Waals surface area contributed by atoms with E-state index in [9.17, 15) is 0 Å². The highest BCUT2D eigenvalue weighted by atomic mass is 16.5. The van der Waals surface area contributed by atoms with Gasteiger partial charge in [0, 0.05) is 19.6 Å². The van der Waals surface area contributed by atoms with E-state index in [1.807, 2.05) is 0 Å². The molecule has 1 aliphatic rings. The monoisotopic (exact) mass is 216 g/mol. The fraction of sp³-hybridized carbons (Fsp3) is 0.462. The van der Waals surface area contributed by atoms with Crippen LogP contribution in [-0.4, -0.2) is 30.7 Å². The van der Waals surface area contributed by atoms with Crippen molar-refractivity contribution in [3.8, 4) is 6.07 Å². The van der Waals surface area contributed by atoms with E-state index in [1.165, 1.54) is 11.1 Å². The minimum absolute atomic E-state index is 0.266. The van der Waals surface area contributed by atoms with E-state index in [-0.39, 0.29) is 6.10 Å². The van der Waals surface area contributed by atoms with Gasteiger partial charge in [0.2, 0.25) is 0 Å². The van der Waals surface area contributed by atoms with E-state index in [0.29, 0.717) is 13.2 Å². The maximum absolute atomic E-state index is 8.83. The summed E-state index contributed by atoms with van der Waals surface area (Å²) in [6.45, 7) is 5.31. The summed E-state index contributed by atoms with van der Waals surface area (Å²) < 4.78 is 5.32. The van der Waals surface area contributed by atoms with Gasteiger partial charge >= 0.3 is 0 Å². The average molecular weight is 216 g/mol. The van der Waals surface area contributed by atoms with Gasteiger partial charge in [-0.15, -0.1) is 0 Å². The van der Waals surface area contributed by atoms with Crippen LogP contribution in [0.3, 0.4) is 0 Å². The highest BCUT2D eigenvalue weighted by Crippen LogP contribution is 2.13. The number of hydrogen-bond donors (Lipinski definition) is 0. The zero-order chi connectivity index (χ0) is 11.4. The van der Waals surface area contributed by atoms with Crippen LogP contribution >= 0.6 is 0 Å². The molecule has 0 aromatic heterocycles. The first kappa shape index (κ1) is 11.1. The first-order valence-electron chi connectivity index (χ1n) is 5.57. The molecule has 1 atom stereocenters. The molecule has 1 saturated heterocycles. The molecule has 0 spiro atoms. The van der Waals surface area contributed by atoms with Crippen molar-refractivity contribution in [1.82, 2.24) is 4.90 Å². The van der Waals surface area contributed by atoms with Crippen molar-refractivity contribution in [1.29, 1.82) is 5.26 Å². The molecule has 0 unspecified atom stereocenters. The standard InChI is InChI=1S/C13H16N2O/c1-11-4-2-3-5-12(11)9-15-6-7-16-13(8-14)10-15/h2-5,13H,6-7,9-10H2,1H3/t13-/m0/s1. The van der Waals surface area contributed by atoms with Crippen molar-refractivity contribution < 1.29 is 4.74 Å². The van der Waals surface area contributed by atoms with E-state index in [1.54, 1.807) is 0 Å². The Kier molecular flexibility index (Phi) is 3.55. The minimum atomic E-state index is -0.266. The number of benzene rings is 1. The topological polar surface area (TPSA) is 36.3 Å². The van der Waals surface area contributed by atoms with Crippen LogP contribution < -0.4 is 0 Å². The lowest BCUT2D eigenvalue weighted by atomic mass is 10.1. The van der Waals surface area contributed by atoms with E-state index in [4.69, 9.17) is 10.00 Å². The predicted molar refractivity (Wildman–Crippen MR) is 61.8 cm³/mol. The van der Waals surface area contributed by atoms with Gasteiger partial charge in [-0.1, -0.05) is 24.3 Å². The zero-order valence-electron chi connectivity index (χ0n) is 9.52. The SMILES string of the molecule is Cc1ccccc1CN1CCO[C@@H](C#N)C1. The molecule has 3 nitrogen and oxygen atoms in total. The van der Waals surface area contributed by atoms with Gasteiger partial charge in [-0.3, -0.25) is 4.90 Å². The highest BCUT2D eigenvalue weighted by Gasteiger charge is 2.19. The molecular weight excluding hydrogens is 200 g/mol. The summed E-state index contributed by atoms with van der Waals surface area (Å²) >= 11 is 0. The molecule has 84 valence electrons. The van der Waals surface area contributed by atoms with Crippen LogP contribution in [-0.2, 0) is 11.3 Å². The van der Waals surface area contributed by atoms with Crippen molar-refractivity contribution >= 4 is 0 Å². The fourth-order valence-electron chi connectivity index (χ4n) is 1.95. The summed E-state index contributed by atoms with van der Waals surface area (Å²) in [5.41, 5.74) is 2.64. The molecule has 0 radical (unpaired) electrons. The van der Waals surface area contributed by atoms with Gasteiger partial charge in [-0.05, 0) is 18.1 Å². The normalized spacial score (nSPS) is 21.6. The summed E-state index contributed by atoms with van der Waals surface area (Å²) in [5, 5.41) is 8.83. The van der Waals surface area contributed by atoms with Gasteiger partial charge in [-0.25, -0.2) is 0 Å². The Labute approximate surface area is 96.2 Å². The summed E-state index contributed by atoms with van der Waals surface area (Å²) in [6, 6.07) is 10.5. The number of ether oxygens (including phenoxy) is 1. The number of aryl methyl sites for hydroxylation is 1. The number of nitriles is 1. The molecule has 1 fully saturated rings. The van der Waals surface area contributed by atoms with E-state index in [0.717, 1.165) is 13.1 Å². The maximum Gasteiger partial charge on any atom is 0.156 e. The third-order valence-corrected chi connectivity index (χ3v) is 2.95. The molecule has 1 aromatic carbocycles. The molecule has 0 aliphatic carbocycles. The van der Waals surface area contributed by atoms with Crippen LogP contribution in [0.1, 0.15) is 11.1 Å². The molecule has 0 saturated carbocycles. The van der Waals surface area contributed by atoms with Gasteiger partial charge < -0.3 is 4.74 Å². The van der Waals surface area contributed by atoms with Gasteiger partial charge in [0.1, 0.15) is 0 Å². The van der Waals surface area contributed by atoms with Crippen molar-refractivity contribution in [3.05, 3.63) is 35.4 Å². The number of hydrogen-bond acceptors (Lipinski definition) is 3. The molecule has 0 amide bonds. The van der Waals surface area contributed by atoms with Gasteiger partial charge in [0.15, 0.2) is 6.10 Å². The Bertz CT molecular complexity index is 397. The van der Waals surface area contributed by atoms with Crippen LogP contribution in [0, 0.1) is 18.3 Å². The van der Waals surface area contributed by atoms with E-state index in [2.05, 4.69) is 42.2 Å². The number of morpholine rings is 1. The third kappa shape index (κ3) is 2.60. The molecule has 1 aromatic rings. The quantitative estimate of drug-likeness (QED) is 0.755. The number of nitrogens with zero attached hydrogens (tertiary/aromatic N) is 2. The second-order valence-corrected chi connectivity index (χ2v) is 4.15. The molecule has 16 heavy (non-hydrogen) atoms. The largest absolute Gasteiger partial charge is 0.361 e. The summed E-state index contributed by atoms with van der Waals surface area (Å²) in [7, 11) is 0. The molecule has 0 bridgehead atoms. The van der Waals surface area contributed by atoms with Crippen LogP contribution in [0.4, 0.5) is 0 Å². The second-order valence-electron chi connectivity index (χ2n) is 4.15. The molecule has 1 aliphatic heterocycles. The lowest BCUT2D eigenvalue weighted by Gasteiger charge is -2.30.